The zero-order valence-electron chi connectivity index (χ0n) is 12.2. The number of nitrogens with zero attached hydrogens (tertiary/aromatic N) is 1. The van der Waals surface area contributed by atoms with Crippen molar-refractivity contribution < 1.29 is 18.7 Å². The van der Waals surface area contributed by atoms with E-state index < -0.39 is 12.1 Å². The summed E-state index contributed by atoms with van der Waals surface area (Å²) in [6.07, 6.45) is 4.04. The molecule has 0 spiro atoms. The summed E-state index contributed by atoms with van der Waals surface area (Å²) in [4.78, 5) is 28.1. The smallest absolute Gasteiger partial charge is 0.341 e. The molecule has 2 heterocycles. The van der Waals surface area contributed by atoms with Gasteiger partial charge in [0.25, 0.3) is 5.91 Å². The van der Waals surface area contributed by atoms with E-state index in [1.165, 1.54) is 24.9 Å². The molecule has 7 heteroatoms. The maximum atomic E-state index is 12.1. The summed E-state index contributed by atoms with van der Waals surface area (Å²) in [5, 5.41) is 3.20. The predicted molar refractivity (Wildman–Crippen MR) is 81.5 cm³/mol. The van der Waals surface area contributed by atoms with Gasteiger partial charge in [-0.2, -0.15) is 0 Å². The third-order valence-electron chi connectivity index (χ3n) is 2.85. The number of amides is 1. The number of ether oxygens (including phenoxy) is 1. The van der Waals surface area contributed by atoms with Crippen LogP contribution >= 0.6 is 11.8 Å². The number of carbonyl (C=O) groups is 2. The molecule has 6 nitrogen and oxygen atoms in total. The van der Waals surface area contributed by atoms with Crippen LogP contribution in [0.25, 0.3) is 0 Å². The summed E-state index contributed by atoms with van der Waals surface area (Å²) >= 11 is 1.34. The molecule has 0 saturated carbocycles. The predicted octanol–water partition coefficient (Wildman–Crippen LogP) is 2.26. The van der Waals surface area contributed by atoms with Crippen molar-refractivity contribution in [1.29, 1.82) is 0 Å². The monoisotopic (exact) mass is 320 g/mol. The fourth-order valence-electron chi connectivity index (χ4n) is 1.72. The van der Waals surface area contributed by atoms with Gasteiger partial charge in [-0.3, -0.25) is 4.79 Å². The largest absolute Gasteiger partial charge is 0.467 e. The minimum atomic E-state index is -0.905. The average molecular weight is 320 g/mol. The van der Waals surface area contributed by atoms with E-state index in [0.29, 0.717) is 16.3 Å². The molecule has 0 bridgehead atoms. The standard InChI is InChI=1S/C15H16N2O4S/c1-10(13(18)17-9-11-5-4-8-20-11)21-15(19)12-6-3-7-16-14(12)22-2/h3-8,10H,9H2,1-2H3,(H,17,18). The second-order valence-corrected chi connectivity index (χ2v) is 5.20. The highest BCUT2D eigenvalue weighted by atomic mass is 32.2. The molecule has 0 aliphatic carbocycles. The zero-order chi connectivity index (χ0) is 15.9. The Kier molecular flexibility index (Phi) is 5.60. The Bertz CT molecular complexity index is 643. The third-order valence-corrected chi connectivity index (χ3v) is 3.57. The number of aromatic nitrogens is 1. The Labute approximate surface area is 132 Å². The third kappa shape index (κ3) is 4.11. The highest BCUT2D eigenvalue weighted by molar-refractivity contribution is 7.98. The molecule has 1 atom stereocenters. The van der Waals surface area contributed by atoms with Crippen LogP contribution in [-0.2, 0) is 16.1 Å². The Morgan fingerprint density at radius 1 is 1.41 bits per heavy atom. The lowest BCUT2D eigenvalue weighted by Gasteiger charge is -2.13. The van der Waals surface area contributed by atoms with E-state index >= 15 is 0 Å². The van der Waals surface area contributed by atoms with Crippen molar-refractivity contribution in [3.05, 3.63) is 48.0 Å². The molecular weight excluding hydrogens is 304 g/mol. The lowest BCUT2D eigenvalue weighted by Crippen LogP contribution is -2.35. The summed E-state index contributed by atoms with van der Waals surface area (Å²) in [6.45, 7) is 1.77. The molecule has 2 rings (SSSR count). The number of pyridine rings is 1. The first-order chi connectivity index (χ1) is 10.6. The van der Waals surface area contributed by atoms with Crippen LogP contribution in [-0.4, -0.2) is 29.2 Å². The number of hydrogen-bond donors (Lipinski definition) is 1. The molecule has 0 aliphatic heterocycles. The molecular formula is C15H16N2O4S. The summed E-state index contributed by atoms with van der Waals surface area (Å²) in [7, 11) is 0. The molecule has 0 aromatic carbocycles. The van der Waals surface area contributed by atoms with Gasteiger partial charge in [0.05, 0.1) is 18.4 Å². The molecule has 0 fully saturated rings. The van der Waals surface area contributed by atoms with Gasteiger partial charge in [0.2, 0.25) is 0 Å². The minimum Gasteiger partial charge on any atom is -0.467 e. The Morgan fingerprint density at radius 2 is 2.23 bits per heavy atom. The molecule has 0 aliphatic rings. The van der Waals surface area contributed by atoms with Crippen molar-refractivity contribution in [2.24, 2.45) is 0 Å². The number of carbonyl (C=O) groups excluding carboxylic acids is 2. The van der Waals surface area contributed by atoms with Gasteiger partial charge in [-0.05, 0) is 37.4 Å². The van der Waals surface area contributed by atoms with Crippen LogP contribution in [0.1, 0.15) is 23.0 Å². The van der Waals surface area contributed by atoms with E-state index in [4.69, 9.17) is 9.15 Å². The Hall–Kier alpha value is -2.28. The molecule has 1 unspecified atom stereocenters. The first-order valence-electron chi connectivity index (χ1n) is 6.62. The number of thioether (sulfide) groups is 1. The lowest BCUT2D eigenvalue weighted by molar-refractivity contribution is -0.129. The van der Waals surface area contributed by atoms with Gasteiger partial charge in [-0.1, -0.05) is 0 Å². The molecule has 22 heavy (non-hydrogen) atoms. The van der Waals surface area contributed by atoms with Crippen molar-refractivity contribution in [3.63, 3.8) is 0 Å². The molecule has 1 N–H and O–H groups in total. The number of esters is 1. The molecule has 1 amide bonds. The first kappa shape index (κ1) is 16.1. The Morgan fingerprint density at radius 3 is 2.91 bits per heavy atom. The van der Waals surface area contributed by atoms with Crippen molar-refractivity contribution >= 4 is 23.6 Å². The maximum Gasteiger partial charge on any atom is 0.341 e. The minimum absolute atomic E-state index is 0.247. The zero-order valence-corrected chi connectivity index (χ0v) is 13.1. The number of rotatable bonds is 6. The van der Waals surface area contributed by atoms with Crippen molar-refractivity contribution in [3.8, 4) is 0 Å². The topological polar surface area (TPSA) is 81.4 Å². The highest BCUT2D eigenvalue weighted by Gasteiger charge is 2.21. The molecule has 0 saturated heterocycles. The van der Waals surface area contributed by atoms with E-state index in [-0.39, 0.29) is 12.5 Å². The van der Waals surface area contributed by atoms with Crippen molar-refractivity contribution in [1.82, 2.24) is 10.3 Å². The maximum absolute atomic E-state index is 12.1. The van der Waals surface area contributed by atoms with Gasteiger partial charge in [-0.25, -0.2) is 9.78 Å². The molecule has 2 aromatic heterocycles. The Balaban J connectivity index is 1.91. The summed E-state index contributed by atoms with van der Waals surface area (Å²) in [6, 6.07) is 6.75. The van der Waals surface area contributed by atoms with Crippen LogP contribution in [0.15, 0.2) is 46.2 Å². The van der Waals surface area contributed by atoms with Gasteiger partial charge >= 0.3 is 5.97 Å². The quantitative estimate of drug-likeness (QED) is 0.649. The normalized spacial score (nSPS) is 11.7. The molecule has 0 radical (unpaired) electrons. The van der Waals surface area contributed by atoms with Gasteiger partial charge < -0.3 is 14.5 Å². The van der Waals surface area contributed by atoms with Crippen molar-refractivity contribution in [2.45, 2.75) is 24.6 Å². The summed E-state index contributed by atoms with van der Waals surface area (Å²) < 4.78 is 10.3. The fraction of sp³-hybridized carbons (Fsp3) is 0.267. The van der Waals surface area contributed by atoms with E-state index in [1.54, 1.807) is 30.5 Å². The number of hydrogen-bond acceptors (Lipinski definition) is 6. The second-order valence-electron chi connectivity index (χ2n) is 4.40. The van der Waals surface area contributed by atoms with Crippen LogP contribution < -0.4 is 5.32 Å². The first-order valence-corrected chi connectivity index (χ1v) is 7.84. The summed E-state index contributed by atoms with van der Waals surface area (Å²) in [5.74, 6) is -0.332. The van der Waals surface area contributed by atoms with Crippen LogP contribution in [0.3, 0.4) is 0 Å². The second kappa shape index (κ2) is 7.65. The van der Waals surface area contributed by atoms with Crippen molar-refractivity contribution in [2.75, 3.05) is 6.26 Å². The van der Waals surface area contributed by atoms with Gasteiger partial charge in [0, 0.05) is 6.20 Å². The molecule has 2 aromatic rings. The van der Waals surface area contributed by atoms with E-state index in [2.05, 4.69) is 10.3 Å². The number of nitrogens with one attached hydrogen (secondary N) is 1. The van der Waals surface area contributed by atoms with Crippen LogP contribution in [0.2, 0.25) is 0 Å². The van der Waals surface area contributed by atoms with E-state index in [1.807, 2.05) is 6.26 Å². The number of furan rings is 1. The van der Waals surface area contributed by atoms with Gasteiger partial charge in [0.15, 0.2) is 6.10 Å². The van der Waals surface area contributed by atoms with Crippen LogP contribution in [0.5, 0.6) is 0 Å². The van der Waals surface area contributed by atoms with Crippen LogP contribution in [0, 0.1) is 0 Å². The summed E-state index contributed by atoms with van der Waals surface area (Å²) in [5.41, 5.74) is 0.348. The highest BCUT2D eigenvalue weighted by Crippen LogP contribution is 2.18. The van der Waals surface area contributed by atoms with Gasteiger partial charge in [0.1, 0.15) is 10.8 Å². The van der Waals surface area contributed by atoms with E-state index in [0.717, 1.165) is 0 Å². The van der Waals surface area contributed by atoms with Gasteiger partial charge in [-0.15, -0.1) is 11.8 Å². The average Bonchev–Trinajstić information content (AvgIpc) is 3.05. The van der Waals surface area contributed by atoms with Crippen LogP contribution in [0.4, 0.5) is 0 Å². The lowest BCUT2D eigenvalue weighted by atomic mass is 10.3. The SMILES string of the molecule is CSc1ncccc1C(=O)OC(C)C(=O)NCc1ccco1. The fourth-order valence-corrected chi connectivity index (χ4v) is 2.26. The molecule has 116 valence electrons. The van der Waals surface area contributed by atoms with E-state index in [9.17, 15) is 9.59 Å².